The molecular weight excluding hydrogens is 132 g/mol. The van der Waals surface area contributed by atoms with Crippen molar-refractivity contribution in [2.45, 2.75) is 0 Å². The average molecular weight is 136 g/mol. The molecule has 0 bridgehead atoms. The summed E-state index contributed by atoms with van der Waals surface area (Å²) in [6.45, 7) is 0. The van der Waals surface area contributed by atoms with E-state index in [4.69, 9.17) is 0 Å². The van der Waals surface area contributed by atoms with Crippen LogP contribution < -0.4 is 0 Å². The minimum atomic E-state index is -0.833. The summed E-state index contributed by atoms with van der Waals surface area (Å²) in [7, 11) is 0. The summed E-state index contributed by atoms with van der Waals surface area (Å²) < 4.78 is 0. The van der Waals surface area contributed by atoms with Gasteiger partial charge in [-0.15, -0.1) is 4.91 Å². The average Bonchev–Trinajstić information content (AvgIpc) is 2.05. The summed E-state index contributed by atoms with van der Waals surface area (Å²) in [6, 6.07) is 4.71. The summed E-state index contributed by atoms with van der Waals surface area (Å²) in [5.41, 5.74) is 0.0810. The van der Waals surface area contributed by atoms with Gasteiger partial charge in [-0.1, -0.05) is 6.07 Å². The van der Waals surface area contributed by atoms with Crippen molar-refractivity contribution in [1.29, 1.82) is 0 Å². The van der Waals surface area contributed by atoms with Crippen LogP contribution in [0, 0.1) is 4.91 Å². The molecule has 0 atom stereocenters. The molecule has 1 aromatic heterocycles. The zero-order valence-electron chi connectivity index (χ0n) is 5.02. The standard InChI is InChI=1S/C6H4N2O2/c9-6(8-10)5-3-1-2-4-7-5/h1-4H. The second-order valence-corrected chi connectivity index (χ2v) is 1.61. The number of hydrogen-bond donors (Lipinski definition) is 0. The topological polar surface area (TPSA) is 59.4 Å². The van der Waals surface area contributed by atoms with Crippen LogP contribution in [0.2, 0.25) is 0 Å². The van der Waals surface area contributed by atoms with Crippen LogP contribution in [0.5, 0.6) is 0 Å². The van der Waals surface area contributed by atoms with Crippen molar-refractivity contribution in [3.05, 3.63) is 35.0 Å². The molecule has 4 nitrogen and oxygen atoms in total. The lowest BCUT2D eigenvalue weighted by Crippen LogP contribution is -1.95. The molecule has 0 aliphatic rings. The van der Waals surface area contributed by atoms with Gasteiger partial charge < -0.3 is 0 Å². The van der Waals surface area contributed by atoms with E-state index in [1.807, 2.05) is 0 Å². The zero-order chi connectivity index (χ0) is 7.40. The molecule has 0 spiro atoms. The molecule has 0 aromatic carbocycles. The highest BCUT2D eigenvalue weighted by atomic mass is 16.3. The quantitative estimate of drug-likeness (QED) is 0.541. The number of nitrogens with zero attached hydrogens (tertiary/aromatic N) is 2. The monoisotopic (exact) mass is 136 g/mol. The summed E-state index contributed by atoms with van der Waals surface area (Å²) in [4.78, 5) is 23.7. The van der Waals surface area contributed by atoms with E-state index in [0.717, 1.165) is 0 Å². The van der Waals surface area contributed by atoms with E-state index < -0.39 is 5.91 Å². The second kappa shape index (κ2) is 2.82. The molecule has 0 aliphatic heterocycles. The highest BCUT2D eigenvalue weighted by Gasteiger charge is 2.03. The Kier molecular flexibility index (Phi) is 1.84. The fourth-order valence-electron chi connectivity index (χ4n) is 0.536. The van der Waals surface area contributed by atoms with Gasteiger partial charge in [-0.25, -0.2) is 0 Å². The summed E-state index contributed by atoms with van der Waals surface area (Å²) >= 11 is 0. The van der Waals surface area contributed by atoms with Gasteiger partial charge in [-0.05, 0) is 12.1 Å². The van der Waals surface area contributed by atoms with E-state index in [2.05, 4.69) is 10.2 Å². The van der Waals surface area contributed by atoms with Gasteiger partial charge in [0.25, 0.3) is 0 Å². The molecule has 0 saturated carbocycles. The van der Waals surface area contributed by atoms with Gasteiger partial charge in [0.1, 0.15) is 5.69 Å². The van der Waals surface area contributed by atoms with Crippen LogP contribution in [0.1, 0.15) is 10.5 Å². The van der Waals surface area contributed by atoms with Crippen LogP contribution in [0.4, 0.5) is 0 Å². The Hall–Kier alpha value is -1.58. The van der Waals surface area contributed by atoms with Gasteiger partial charge in [0.2, 0.25) is 0 Å². The lowest BCUT2D eigenvalue weighted by atomic mass is 10.3. The number of nitroso groups, excluding NO2 is 1. The first-order chi connectivity index (χ1) is 4.84. The van der Waals surface area contributed by atoms with Crippen LogP contribution in [-0.2, 0) is 0 Å². The molecule has 1 aromatic rings. The van der Waals surface area contributed by atoms with E-state index in [9.17, 15) is 9.70 Å². The minimum absolute atomic E-state index is 0.0810. The Bertz CT molecular complexity index is 245. The van der Waals surface area contributed by atoms with E-state index in [1.165, 1.54) is 12.3 Å². The van der Waals surface area contributed by atoms with Gasteiger partial charge in [0.15, 0.2) is 0 Å². The first-order valence-electron chi connectivity index (χ1n) is 2.63. The molecule has 1 heterocycles. The van der Waals surface area contributed by atoms with Gasteiger partial charge in [-0.3, -0.25) is 9.78 Å². The Labute approximate surface area is 56.9 Å². The number of aromatic nitrogens is 1. The van der Waals surface area contributed by atoms with Crippen LogP contribution >= 0.6 is 0 Å². The number of hydrogen-bond acceptors (Lipinski definition) is 3. The molecule has 50 valence electrons. The van der Waals surface area contributed by atoms with Crippen LogP contribution in [0.25, 0.3) is 0 Å². The van der Waals surface area contributed by atoms with Crippen molar-refractivity contribution in [2.75, 3.05) is 0 Å². The maximum Gasteiger partial charge on any atom is 0.334 e. The fourth-order valence-corrected chi connectivity index (χ4v) is 0.536. The number of rotatable bonds is 1. The van der Waals surface area contributed by atoms with Gasteiger partial charge in [-0.2, -0.15) is 0 Å². The maximum absolute atomic E-state index is 10.5. The van der Waals surface area contributed by atoms with Crippen molar-refractivity contribution in [2.24, 2.45) is 5.18 Å². The molecule has 0 fully saturated rings. The fraction of sp³-hybridized carbons (Fsp3) is 0. The first-order valence-corrected chi connectivity index (χ1v) is 2.63. The van der Waals surface area contributed by atoms with Crippen molar-refractivity contribution >= 4 is 5.91 Å². The number of carbonyl (C=O) groups excluding carboxylic acids is 1. The molecule has 0 radical (unpaired) electrons. The van der Waals surface area contributed by atoms with Gasteiger partial charge in [0.05, 0.1) is 0 Å². The number of carbonyl (C=O) groups is 1. The summed E-state index contributed by atoms with van der Waals surface area (Å²) in [5, 5.41) is 2.21. The van der Waals surface area contributed by atoms with E-state index in [-0.39, 0.29) is 5.69 Å². The van der Waals surface area contributed by atoms with Crippen molar-refractivity contribution in [3.63, 3.8) is 0 Å². The lowest BCUT2D eigenvalue weighted by Gasteiger charge is -1.86. The zero-order valence-corrected chi connectivity index (χ0v) is 5.02. The Morgan fingerprint density at radius 1 is 1.50 bits per heavy atom. The molecule has 0 unspecified atom stereocenters. The molecule has 0 N–H and O–H groups in total. The third-order valence-electron chi connectivity index (χ3n) is 0.967. The third-order valence-corrected chi connectivity index (χ3v) is 0.967. The van der Waals surface area contributed by atoms with Crippen LogP contribution in [-0.4, -0.2) is 10.9 Å². The lowest BCUT2D eigenvalue weighted by molar-refractivity contribution is 0.0996. The molecule has 1 amide bonds. The second-order valence-electron chi connectivity index (χ2n) is 1.61. The normalized spacial score (nSPS) is 8.80. The molecular formula is C6H4N2O2. The highest BCUT2D eigenvalue weighted by Crippen LogP contribution is 1.94. The first kappa shape index (κ1) is 6.54. The summed E-state index contributed by atoms with van der Waals surface area (Å²) in [6.07, 6.45) is 1.43. The van der Waals surface area contributed by atoms with Crippen LogP contribution in [0.15, 0.2) is 29.6 Å². The largest absolute Gasteiger partial charge is 0.334 e. The highest BCUT2D eigenvalue weighted by molar-refractivity contribution is 5.92. The predicted molar refractivity (Wildman–Crippen MR) is 34.4 cm³/mol. The van der Waals surface area contributed by atoms with Crippen LogP contribution in [0.3, 0.4) is 0 Å². The Balaban J connectivity index is 2.95. The Morgan fingerprint density at radius 3 is 2.80 bits per heavy atom. The van der Waals surface area contributed by atoms with Crippen molar-refractivity contribution < 1.29 is 4.79 Å². The molecule has 0 aliphatic carbocycles. The molecule has 1 rings (SSSR count). The minimum Gasteiger partial charge on any atom is -0.261 e. The maximum atomic E-state index is 10.5. The number of amides is 1. The third kappa shape index (κ3) is 1.22. The molecule has 4 heteroatoms. The molecule has 10 heavy (non-hydrogen) atoms. The molecule has 0 saturated heterocycles. The Morgan fingerprint density at radius 2 is 2.30 bits per heavy atom. The van der Waals surface area contributed by atoms with E-state index in [0.29, 0.717) is 0 Å². The number of pyridine rings is 1. The smallest absolute Gasteiger partial charge is 0.261 e. The SMILES string of the molecule is O=NC(=O)c1ccccn1. The van der Waals surface area contributed by atoms with Crippen molar-refractivity contribution in [3.8, 4) is 0 Å². The predicted octanol–water partition coefficient (Wildman–Crippen LogP) is 0.988. The van der Waals surface area contributed by atoms with E-state index >= 15 is 0 Å². The van der Waals surface area contributed by atoms with Crippen molar-refractivity contribution in [1.82, 2.24) is 4.98 Å². The van der Waals surface area contributed by atoms with Gasteiger partial charge >= 0.3 is 5.91 Å². The van der Waals surface area contributed by atoms with E-state index in [1.54, 1.807) is 12.1 Å². The van der Waals surface area contributed by atoms with Gasteiger partial charge in [0, 0.05) is 11.4 Å². The summed E-state index contributed by atoms with van der Waals surface area (Å²) in [5.74, 6) is -0.833.